The van der Waals surface area contributed by atoms with Gasteiger partial charge in [-0.15, -0.1) is 0 Å². The van der Waals surface area contributed by atoms with Crippen LogP contribution in [0.3, 0.4) is 0 Å². The molecule has 7 heteroatoms. The van der Waals surface area contributed by atoms with E-state index >= 15 is 0 Å². The SMILES string of the molecule is COc1ccccc1C1CC(c2ccccc2F)=NN1C(=O)CN(C)C(=O)CC(C)(C)C. The quantitative estimate of drug-likeness (QED) is 0.670. The molecule has 2 aromatic carbocycles. The number of methoxy groups -OCH3 is 1. The van der Waals surface area contributed by atoms with Crippen LogP contribution in [0.4, 0.5) is 4.39 Å². The molecule has 0 aromatic heterocycles. The van der Waals surface area contributed by atoms with Crippen molar-refractivity contribution in [1.29, 1.82) is 0 Å². The van der Waals surface area contributed by atoms with Gasteiger partial charge in [0.25, 0.3) is 5.91 Å². The average Bonchev–Trinajstić information content (AvgIpc) is 3.18. The normalized spacial score (nSPS) is 16.0. The van der Waals surface area contributed by atoms with Gasteiger partial charge in [-0.2, -0.15) is 5.10 Å². The third-order valence-electron chi connectivity index (χ3n) is 5.33. The second-order valence-corrected chi connectivity index (χ2v) is 9.21. The van der Waals surface area contributed by atoms with E-state index in [0.29, 0.717) is 29.9 Å². The first-order chi connectivity index (χ1) is 15.1. The lowest BCUT2D eigenvalue weighted by Gasteiger charge is -2.27. The highest BCUT2D eigenvalue weighted by Crippen LogP contribution is 2.37. The standard InChI is InChI=1S/C25H30FN3O3/c1-25(2,3)15-23(30)28(4)16-24(31)29-21(18-11-7-9-13-22(18)32-5)14-20(27-29)17-10-6-8-12-19(17)26/h6-13,21H,14-16H2,1-5H3. The predicted octanol–water partition coefficient (Wildman–Crippen LogP) is 4.41. The maximum absolute atomic E-state index is 14.5. The van der Waals surface area contributed by atoms with E-state index in [1.807, 2.05) is 45.0 Å². The van der Waals surface area contributed by atoms with Crippen LogP contribution >= 0.6 is 0 Å². The molecule has 0 saturated heterocycles. The van der Waals surface area contributed by atoms with E-state index in [1.54, 1.807) is 32.4 Å². The number of ether oxygens (including phenoxy) is 1. The Morgan fingerprint density at radius 3 is 2.47 bits per heavy atom. The number of para-hydroxylation sites is 1. The van der Waals surface area contributed by atoms with E-state index in [-0.39, 0.29) is 23.8 Å². The van der Waals surface area contributed by atoms with Crippen molar-refractivity contribution in [3.05, 3.63) is 65.5 Å². The number of benzene rings is 2. The monoisotopic (exact) mass is 439 g/mol. The number of hydrogen-bond acceptors (Lipinski definition) is 4. The molecule has 1 unspecified atom stereocenters. The molecule has 170 valence electrons. The molecule has 0 radical (unpaired) electrons. The molecule has 32 heavy (non-hydrogen) atoms. The topological polar surface area (TPSA) is 62.2 Å². The first kappa shape index (κ1) is 23.4. The van der Waals surface area contributed by atoms with Gasteiger partial charge in [0.15, 0.2) is 0 Å². The number of carbonyl (C=O) groups excluding carboxylic acids is 2. The Labute approximate surface area is 188 Å². The second-order valence-electron chi connectivity index (χ2n) is 9.21. The molecule has 1 aliphatic heterocycles. The van der Waals surface area contributed by atoms with Gasteiger partial charge in [-0.05, 0) is 17.5 Å². The number of rotatable bonds is 6. The summed E-state index contributed by atoms with van der Waals surface area (Å²) in [4.78, 5) is 27.2. The number of carbonyl (C=O) groups is 2. The maximum atomic E-state index is 14.5. The molecular weight excluding hydrogens is 409 g/mol. The number of amides is 2. The first-order valence-corrected chi connectivity index (χ1v) is 10.6. The number of likely N-dealkylation sites (N-methyl/N-ethyl adjacent to an activating group) is 1. The van der Waals surface area contributed by atoms with Crippen molar-refractivity contribution in [3.63, 3.8) is 0 Å². The average molecular weight is 440 g/mol. The molecule has 0 N–H and O–H groups in total. The van der Waals surface area contributed by atoms with Crippen LogP contribution < -0.4 is 4.74 Å². The predicted molar refractivity (Wildman–Crippen MR) is 122 cm³/mol. The van der Waals surface area contributed by atoms with Gasteiger partial charge in [0, 0.05) is 31.0 Å². The van der Waals surface area contributed by atoms with Crippen LogP contribution in [0.15, 0.2) is 53.6 Å². The third kappa shape index (κ3) is 5.33. The van der Waals surface area contributed by atoms with Crippen LogP contribution in [0.25, 0.3) is 0 Å². The fourth-order valence-electron chi connectivity index (χ4n) is 3.73. The van der Waals surface area contributed by atoms with Gasteiger partial charge in [0.2, 0.25) is 5.91 Å². The summed E-state index contributed by atoms with van der Waals surface area (Å²) in [6.07, 6.45) is 0.670. The van der Waals surface area contributed by atoms with Crippen molar-refractivity contribution in [2.45, 2.75) is 39.7 Å². The zero-order valence-electron chi connectivity index (χ0n) is 19.3. The zero-order valence-corrected chi connectivity index (χ0v) is 19.3. The summed E-state index contributed by atoms with van der Waals surface area (Å²) in [7, 11) is 3.18. The summed E-state index contributed by atoms with van der Waals surface area (Å²) in [5.41, 5.74) is 1.44. The van der Waals surface area contributed by atoms with Crippen molar-refractivity contribution in [3.8, 4) is 5.75 Å². The van der Waals surface area contributed by atoms with E-state index in [9.17, 15) is 14.0 Å². The highest BCUT2D eigenvalue weighted by atomic mass is 19.1. The van der Waals surface area contributed by atoms with Crippen molar-refractivity contribution < 1.29 is 18.7 Å². The number of nitrogens with zero attached hydrogens (tertiary/aromatic N) is 3. The third-order valence-corrected chi connectivity index (χ3v) is 5.33. The Hall–Kier alpha value is -3.22. The summed E-state index contributed by atoms with van der Waals surface area (Å²) in [6.45, 7) is 5.81. The Bertz CT molecular complexity index is 1030. The van der Waals surface area contributed by atoms with Crippen LogP contribution in [-0.2, 0) is 9.59 Å². The first-order valence-electron chi connectivity index (χ1n) is 10.6. The van der Waals surface area contributed by atoms with Crippen molar-refractivity contribution in [1.82, 2.24) is 9.91 Å². The molecule has 1 aliphatic rings. The summed E-state index contributed by atoms with van der Waals surface area (Å²) >= 11 is 0. The van der Waals surface area contributed by atoms with Gasteiger partial charge in [0.1, 0.15) is 18.1 Å². The van der Waals surface area contributed by atoms with Crippen molar-refractivity contribution in [2.24, 2.45) is 10.5 Å². The van der Waals surface area contributed by atoms with Crippen LogP contribution in [0, 0.1) is 11.2 Å². The van der Waals surface area contributed by atoms with Gasteiger partial charge in [0.05, 0.1) is 18.9 Å². The van der Waals surface area contributed by atoms with Crippen LogP contribution in [-0.4, -0.2) is 48.1 Å². The van der Waals surface area contributed by atoms with E-state index in [4.69, 9.17) is 4.74 Å². The molecule has 6 nitrogen and oxygen atoms in total. The van der Waals surface area contributed by atoms with Crippen LogP contribution in [0.5, 0.6) is 5.75 Å². The minimum absolute atomic E-state index is 0.114. The molecule has 0 bridgehead atoms. The molecule has 1 heterocycles. The zero-order chi connectivity index (χ0) is 23.5. The molecule has 0 saturated carbocycles. The Balaban J connectivity index is 1.91. The molecule has 2 aromatic rings. The minimum Gasteiger partial charge on any atom is -0.496 e. The molecule has 1 atom stereocenters. The summed E-state index contributed by atoms with van der Waals surface area (Å²) in [5.74, 6) is -0.219. The Morgan fingerprint density at radius 1 is 1.16 bits per heavy atom. The lowest BCUT2D eigenvalue weighted by atomic mass is 9.92. The van der Waals surface area contributed by atoms with E-state index in [0.717, 1.165) is 5.56 Å². The van der Waals surface area contributed by atoms with Crippen LogP contribution in [0.1, 0.15) is 50.8 Å². The largest absolute Gasteiger partial charge is 0.496 e. The van der Waals surface area contributed by atoms with Crippen LogP contribution in [0.2, 0.25) is 0 Å². The number of hydrogen-bond donors (Lipinski definition) is 0. The Kier molecular flexibility index (Phi) is 6.96. The smallest absolute Gasteiger partial charge is 0.262 e. The molecule has 0 fully saturated rings. The van der Waals surface area contributed by atoms with E-state index in [2.05, 4.69) is 5.10 Å². The van der Waals surface area contributed by atoms with Gasteiger partial charge >= 0.3 is 0 Å². The van der Waals surface area contributed by atoms with Crippen molar-refractivity contribution >= 4 is 17.5 Å². The highest BCUT2D eigenvalue weighted by molar-refractivity contribution is 6.03. The van der Waals surface area contributed by atoms with Gasteiger partial charge in [-0.3, -0.25) is 9.59 Å². The Morgan fingerprint density at radius 2 is 1.81 bits per heavy atom. The van der Waals surface area contributed by atoms with Gasteiger partial charge in [-0.25, -0.2) is 9.40 Å². The molecule has 3 rings (SSSR count). The molecule has 2 amide bonds. The van der Waals surface area contributed by atoms with Gasteiger partial charge < -0.3 is 9.64 Å². The highest BCUT2D eigenvalue weighted by Gasteiger charge is 2.36. The summed E-state index contributed by atoms with van der Waals surface area (Å²) < 4.78 is 20.0. The number of hydrazone groups is 1. The summed E-state index contributed by atoms with van der Waals surface area (Å²) in [5, 5.41) is 5.87. The molecular formula is C25H30FN3O3. The molecule has 0 aliphatic carbocycles. The maximum Gasteiger partial charge on any atom is 0.262 e. The number of halogens is 1. The lowest BCUT2D eigenvalue weighted by molar-refractivity contribution is -0.141. The minimum atomic E-state index is -0.459. The summed E-state index contributed by atoms with van der Waals surface area (Å²) in [6, 6.07) is 13.3. The van der Waals surface area contributed by atoms with E-state index < -0.39 is 11.9 Å². The lowest BCUT2D eigenvalue weighted by Crippen LogP contribution is -2.40. The van der Waals surface area contributed by atoms with Crippen molar-refractivity contribution in [2.75, 3.05) is 20.7 Å². The molecule has 0 spiro atoms. The fraction of sp³-hybridized carbons (Fsp3) is 0.400. The van der Waals surface area contributed by atoms with Gasteiger partial charge in [-0.1, -0.05) is 57.2 Å². The fourth-order valence-corrected chi connectivity index (χ4v) is 3.73. The second kappa shape index (κ2) is 9.51. The van der Waals surface area contributed by atoms with E-state index in [1.165, 1.54) is 16.0 Å².